The van der Waals surface area contributed by atoms with E-state index >= 15 is 0 Å². The molecule has 0 spiro atoms. The Balaban J connectivity index is 1.95. The van der Waals surface area contributed by atoms with Crippen LogP contribution in [0.5, 0.6) is 0 Å². The van der Waals surface area contributed by atoms with Crippen molar-refractivity contribution in [3.8, 4) is 0 Å². The third-order valence-corrected chi connectivity index (χ3v) is 3.59. The van der Waals surface area contributed by atoms with Crippen LogP contribution in [0.15, 0.2) is 48.5 Å². The number of hydrogen-bond donors (Lipinski definition) is 2. The maximum Gasteiger partial charge on any atom is 0.251 e. The first kappa shape index (κ1) is 15.2. The first-order valence-electron chi connectivity index (χ1n) is 6.80. The molecule has 0 bridgehead atoms. The van der Waals surface area contributed by atoms with Crippen LogP contribution in [0.1, 0.15) is 27.0 Å². The third kappa shape index (κ3) is 4.13. The lowest BCUT2D eigenvalue weighted by molar-refractivity contribution is 0.0954. The minimum absolute atomic E-state index is 0.110. The molecule has 0 unspecified atom stereocenters. The number of carbonyl (C=O) groups is 1. The van der Waals surface area contributed by atoms with Crippen molar-refractivity contribution in [1.82, 2.24) is 5.32 Å². The fraction of sp³-hybridized carbons (Fsp3) is 0.176. The summed E-state index contributed by atoms with van der Waals surface area (Å²) in [5.74, 6) is -0.110. The van der Waals surface area contributed by atoms with E-state index in [4.69, 9.17) is 18.0 Å². The van der Waals surface area contributed by atoms with Crippen LogP contribution in [-0.4, -0.2) is 17.4 Å². The molecule has 2 rings (SSSR count). The van der Waals surface area contributed by atoms with Crippen molar-refractivity contribution >= 4 is 23.1 Å². The van der Waals surface area contributed by atoms with Gasteiger partial charge in [-0.05, 0) is 36.6 Å². The molecule has 0 aliphatic heterocycles. The van der Waals surface area contributed by atoms with Crippen LogP contribution in [0, 0.1) is 6.92 Å². The zero-order valence-corrected chi connectivity index (χ0v) is 12.7. The van der Waals surface area contributed by atoms with Gasteiger partial charge in [-0.15, -0.1) is 0 Å². The van der Waals surface area contributed by atoms with E-state index in [0.29, 0.717) is 22.7 Å². The number of benzene rings is 2. The van der Waals surface area contributed by atoms with Gasteiger partial charge in [0.15, 0.2) is 0 Å². The number of amides is 1. The SMILES string of the molecule is Cc1ccccc1CCNC(=O)c1cccc(C(N)=S)c1. The molecule has 21 heavy (non-hydrogen) atoms. The maximum atomic E-state index is 12.1. The second-order valence-electron chi connectivity index (χ2n) is 4.88. The predicted molar refractivity (Wildman–Crippen MR) is 89.5 cm³/mol. The first-order chi connectivity index (χ1) is 10.1. The average molecular weight is 298 g/mol. The van der Waals surface area contributed by atoms with Crippen molar-refractivity contribution in [3.05, 3.63) is 70.8 Å². The molecule has 0 saturated carbocycles. The molecular formula is C17H18N2OS. The number of nitrogens with one attached hydrogen (secondary N) is 1. The van der Waals surface area contributed by atoms with Gasteiger partial charge in [0.1, 0.15) is 4.99 Å². The van der Waals surface area contributed by atoms with Gasteiger partial charge in [0.25, 0.3) is 5.91 Å². The molecule has 0 saturated heterocycles. The van der Waals surface area contributed by atoms with Gasteiger partial charge < -0.3 is 11.1 Å². The molecule has 0 aromatic heterocycles. The van der Waals surface area contributed by atoms with Crippen molar-refractivity contribution in [1.29, 1.82) is 0 Å². The normalized spacial score (nSPS) is 10.1. The Morgan fingerprint density at radius 2 is 1.86 bits per heavy atom. The number of nitrogens with two attached hydrogens (primary N) is 1. The van der Waals surface area contributed by atoms with Crippen LogP contribution >= 0.6 is 12.2 Å². The van der Waals surface area contributed by atoms with Gasteiger partial charge in [0.2, 0.25) is 0 Å². The number of carbonyl (C=O) groups excluding carboxylic acids is 1. The fourth-order valence-corrected chi connectivity index (χ4v) is 2.24. The van der Waals surface area contributed by atoms with E-state index in [9.17, 15) is 4.79 Å². The summed E-state index contributed by atoms with van der Waals surface area (Å²) in [7, 11) is 0. The highest BCUT2D eigenvalue weighted by Gasteiger charge is 2.07. The summed E-state index contributed by atoms with van der Waals surface area (Å²) < 4.78 is 0. The van der Waals surface area contributed by atoms with Crippen molar-refractivity contribution in [2.45, 2.75) is 13.3 Å². The lowest BCUT2D eigenvalue weighted by Crippen LogP contribution is -2.26. The second-order valence-corrected chi connectivity index (χ2v) is 5.32. The molecule has 0 radical (unpaired) electrons. The number of rotatable bonds is 5. The van der Waals surface area contributed by atoms with Crippen molar-refractivity contribution in [3.63, 3.8) is 0 Å². The van der Waals surface area contributed by atoms with E-state index in [-0.39, 0.29) is 5.91 Å². The van der Waals surface area contributed by atoms with Crippen LogP contribution < -0.4 is 11.1 Å². The molecule has 4 heteroatoms. The summed E-state index contributed by atoms with van der Waals surface area (Å²) in [6.45, 7) is 2.67. The van der Waals surface area contributed by atoms with Gasteiger partial charge in [-0.1, -0.05) is 48.6 Å². The minimum atomic E-state index is -0.110. The van der Waals surface area contributed by atoms with Gasteiger partial charge in [0.05, 0.1) is 0 Å². The Kier molecular flexibility index (Phi) is 5.06. The largest absolute Gasteiger partial charge is 0.389 e. The standard InChI is InChI=1S/C17H18N2OS/c1-12-5-2-3-6-13(12)9-10-19-17(20)15-8-4-7-14(11-15)16(18)21/h2-8,11H,9-10H2,1H3,(H2,18,21)(H,19,20). The lowest BCUT2D eigenvalue weighted by Gasteiger charge is -2.08. The van der Waals surface area contributed by atoms with Gasteiger partial charge in [-0.3, -0.25) is 4.79 Å². The number of thiocarbonyl (C=S) groups is 1. The average Bonchev–Trinajstić information content (AvgIpc) is 2.49. The topological polar surface area (TPSA) is 55.1 Å². The highest BCUT2D eigenvalue weighted by Crippen LogP contribution is 2.08. The molecule has 0 heterocycles. The Morgan fingerprint density at radius 3 is 2.57 bits per heavy atom. The van der Waals surface area contributed by atoms with E-state index < -0.39 is 0 Å². The Hall–Kier alpha value is -2.20. The van der Waals surface area contributed by atoms with Gasteiger partial charge >= 0.3 is 0 Å². The summed E-state index contributed by atoms with van der Waals surface area (Å²) in [6, 6.07) is 15.2. The Labute approximate surface area is 130 Å². The van der Waals surface area contributed by atoms with E-state index in [1.54, 1.807) is 24.3 Å². The zero-order valence-electron chi connectivity index (χ0n) is 11.9. The molecule has 0 aliphatic carbocycles. The van der Waals surface area contributed by atoms with Crippen molar-refractivity contribution < 1.29 is 4.79 Å². The summed E-state index contributed by atoms with van der Waals surface area (Å²) in [6.07, 6.45) is 0.813. The lowest BCUT2D eigenvalue weighted by atomic mass is 10.1. The van der Waals surface area contributed by atoms with Crippen LogP contribution in [-0.2, 0) is 6.42 Å². The highest BCUT2D eigenvalue weighted by molar-refractivity contribution is 7.80. The predicted octanol–water partition coefficient (Wildman–Crippen LogP) is 2.60. The molecule has 0 atom stereocenters. The maximum absolute atomic E-state index is 12.1. The van der Waals surface area contributed by atoms with Crippen LogP contribution in [0.3, 0.4) is 0 Å². The Morgan fingerprint density at radius 1 is 1.14 bits per heavy atom. The molecule has 0 fully saturated rings. The summed E-state index contributed by atoms with van der Waals surface area (Å²) in [5, 5.41) is 2.92. The van der Waals surface area contributed by atoms with Gasteiger partial charge in [-0.2, -0.15) is 0 Å². The molecular weight excluding hydrogens is 280 g/mol. The zero-order chi connectivity index (χ0) is 15.2. The second kappa shape index (κ2) is 6.99. The van der Waals surface area contributed by atoms with E-state index in [1.165, 1.54) is 11.1 Å². The van der Waals surface area contributed by atoms with E-state index in [1.807, 2.05) is 12.1 Å². The minimum Gasteiger partial charge on any atom is -0.389 e. The van der Waals surface area contributed by atoms with Gasteiger partial charge in [-0.25, -0.2) is 0 Å². The molecule has 2 aromatic carbocycles. The van der Waals surface area contributed by atoms with Crippen molar-refractivity contribution in [2.75, 3.05) is 6.54 Å². The number of hydrogen-bond acceptors (Lipinski definition) is 2. The molecule has 3 nitrogen and oxygen atoms in total. The first-order valence-corrected chi connectivity index (χ1v) is 7.21. The van der Waals surface area contributed by atoms with Crippen molar-refractivity contribution in [2.24, 2.45) is 5.73 Å². The molecule has 3 N–H and O–H groups in total. The third-order valence-electron chi connectivity index (χ3n) is 3.35. The fourth-order valence-electron chi connectivity index (χ4n) is 2.12. The summed E-state index contributed by atoms with van der Waals surface area (Å²) in [4.78, 5) is 12.4. The molecule has 1 amide bonds. The monoisotopic (exact) mass is 298 g/mol. The molecule has 108 valence electrons. The molecule has 2 aromatic rings. The van der Waals surface area contributed by atoms with Crippen LogP contribution in [0.2, 0.25) is 0 Å². The van der Waals surface area contributed by atoms with E-state index in [2.05, 4.69) is 24.4 Å². The van der Waals surface area contributed by atoms with Crippen LogP contribution in [0.4, 0.5) is 0 Å². The molecule has 0 aliphatic rings. The quantitative estimate of drug-likeness (QED) is 0.834. The number of aryl methyl sites for hydroxylation is 1. The van der Waals surface area contributed by atoms with E-state index in [0.717, 1.165) is 6.42 Å². The Bertz CT molecular complexity index is 667. The smallest absolute Gasteiger partial charge is 0.251 e. The van der Waals surface area contributed by atoms with Crippen LogP contribution in [0.25, 0.3) is 0 Å². The van der Waals surface area contributed by atoms with Gasteiger partial charge in [0, 0.05) is 17.7 Å². The summed E-state index contributed by atoms with van der Waals surface area (Å²) >= 11 is 4.92. The summed E-state index contributed by atoms with van der Waals surface area (Å²) in [5.41, 5.74) is 9.34. The highest BCUT2D eigenvalue weighted by atomic mass is 32.1.